The SMILES string of the molecule is CCCCCCCCCCCCCCCCC[SH](=O)=O. The summed E-state index contributed by atoms with van der Waals surface area (Å²) in [4.78, 5) is 0. The largest absolute Gasteiger partial charge is 0.232 e. The summed E-state index contributed by atoms with van der Waals surface area (Å²) in [6, 6.07) is 0. The van der Waals surface area contributed by atoms with Crippen molar-refractivity contribution in [2.45, 2.75) is 103 Å². The van der Waals surface area contributed by atoms with Gasteiger partial charge in [0.25, 0.3) is 0 Å². The van der Waals surface area contributed by atoms with Crippen LogP contribution in [0.1, 0.15) is 103 Å². The monoisotopic (exact) mass is 304 g/mol. The van der Waals surface area contributed by atoms with Gasteiger partial charge in [0.2, 0.25) is 0 Å². The smallest absolute Gasteiger partial charge is 0.140 e. The molecule has 0 fully saturated rings. The van der Waals surface area contributed by atoms with Gasteiger partial charge >= 0.3 is 0 Å². The molecule has 0 aliphatic heterocycles. The molecule has 2 nitrogen and oxygen atoms in total. The Kier molecular flexibility index (Phi) is 17.0. The highest BCUT2D eigenvalue weighted by atomic mass is 32.2. The Labute approximate surface area is 128 Å². The molecule has 122 valence electrons. The van der Waals surface area contributed by atoms with Gasteiger partial charge in [0.15, 0.2) is 0 Å². The minimum absolute atomic E-state index is 0.383. The van der Waals surface area contributed by atoms with Crippen molar-refractivity contribution in [1.82, 2.24) is 0 Å². The molecule has 0 radical (unpaired) electrons. The molecule has 0 N–H and O–H groups in total. The number of rotatable bonds is 16. The molecule has 0 bridgehead atoms. The Morgan fingerprint density at radius 1 is 0.500 bits per heavy atom. The fourth-order valence-corrected chi connectivity index (χ4v) is 3.09. The van der Waals surface area contributed by atoms with Crippen LogP contribution in [-0.4, -0.2) is 14.2 Å². The standard InChI is InChI=1S/C17H36O2S/c1-2-3-4-5-6-7-8-9-10-11-12-13-14-15-16-17-20(18)19/h20H,2-17H2,1H3. The molecular formula is C17H36O2S. The summed E-state index contributed by atoms with van der Waals surface area (Å²) in [5, 5.41) is 0. The van der Waals surface area contributed by atoms with E-state index in [1.54, 1.807) is 0 Å². The van der Waals surface area contributed by atoms with Crippen molar-refractivity contribution < 1.29 is 8.42 Å². The molecular weight excluding hydrogens is 268 g/mol. The first kappa shape index (κ1) is 19.9. The summed E-state index contributed by atoms with van der Waals surface area (Å²) in [5.74, 6) is 0.383. The lowest BCUT2D eigenvalue weighted by Crippen LogP contribution is -1.88. The quantitative estimate of drug-likeness (QED) is 0.303. The molecule has 20 heavy (non-hydrogen) atoms. The van der Waals surface area contributed by atoms with Crippen molar-refractivity contribution >= 4 is 10.7 Å². The highest BCUT2D eigenvalue weighted by molar-refractivity contribution is 7.72. The number of hydrogen-bond acceptors (Lipinski definition) is 2. The van der Waals surface area contributed by atoms with Crippen molar-refractivity contribution in [3.63, 3.8) is 0 Å². The molecule has 3 heteroatoms. The predicted molar refractivity (Wildman–Crippen MR) is 90.1 cm³/mol. The van der Waals surface area contributed by atoms with E-state index in [0.717, 1.165) is 12.8 Å². The lowest BCUT2D eigenvalue weighted by molar-refractivity contribution is 0.534. The Morgan fingerprint density at radius 3 is 1.10 bits per heavy atom. The molecule has 0 saturated heterocycles. The van der Waals surface area contributed by atoms with Gasteiger partial charge in [0.1, 0.15) is 10.7 Å². The van der Waals surface area contributed by atoms with Gasteiger partial charge < -0.3 is 0 Å². The maximum atomic E-state index is 10.4. The molecule has 0 aromatic carbocycles. The van der Waals surface area contributed by atoms with Gasteiger partial charge in [-0.3, -0.25) is 0 Å². The minimum Gasteiger partial charge on any atom is -0.232 e. The highest BCUT2D eigenvalue weighted by Gasteiger charge is 1.94. The molecule has 0 atom stereocenters. The van der Waals surface area contributed by atoms with Gasteiger partial charge in [-0.1, -0.05) is 96.8 Å². The molecule has 0 amide bonds. The summed E-state index contributed by atoms with van der Waals surface area (Å²) in [6.07, 6.45) is 19.8. The number of thiol groups is 1. The van der Waals surface area contributed by atoms with Crippen molar-refractivity contribution in [2.24, 2.45) is 0 Å². The first-order valence-electron chi connectivity index (χ1n) is 8.89. The highest BCUT2D eigenvalue weighted by Crippen LogP contribution is 2.13. The first-order chi connectivity index (χ1) is 9.77. The van der Waals surface area contributed by atoms with E-state index in [1.165, 1.54) is 83.5 Å². The molecule has 0 spiro atoms. The Bertz CT molecular complexity index is 241. The second-order valence-electron chi connectivity index (χ2n) is 6.01. The molecule has 0 heterocycles. The van der Waals surface area contributed by atoms with E-state index in [1.807, 2.05) is 0 Å². The molecule has 0 aliphatic rings. The van der Waals surface area contributed by atoms with Crippen molar-refractivity contribution in [1.29, 1.82) is 0 Å². The van der Waals surface area contributed by atoms with Crippen LogP contribution in [0, 0.1) is 0 Å². The second-order valence-corrected chi connectivity index (χ2v) is 7.12. The Morgan fingerprint density at radius 2 is 0.800 bits per heavy atom. The molecule has 0 aliphatic carbocycles. The van der Waals surface area contributed by atoms with Crippen molar-refractivity contribution in [2.75, 3.05) is 5.75 Å². The zero-order valence-corrected chi connectivity index (χ0v) is 14.5. The molecule has 0 unspecified atom stereocenters. The number of hydrogen-bond donors (Lipinski definition) is 1. The van der Waals surface area contributed by atoms with Gasteiger partial charge in [-0.25, -0.2) is 8.42 Å². The second kappa shape index (κ2) is 17.0. The van der Waals surface area contributed by atoms with Gasteiger partial charge in [0.05, 0.1) is 0 Å². The zero-order chi connectivity index (χ0) is 14.9. The molecule has 0 aromatic heterocycles. The zero-order valence-electron chi connectivity index (χ0n) is 13.6. The van der Waals surface area contributed by atoms with Gasteiger partial charge in [0, 0.05) is 5.75 Å². The van der Waals surface area contributed by atoms with Gasteiger partial charge in [-0.15, -0.1) is 0 Å². The maximum Gasteiger partial charge on any atom is 0.140 e. The minimum atomic E-state index is -2.14. The normalized spacial score (nSPS) is 11.3. The first-order valence-corrected chi connectivity index (χ1v) is 10.3. The lowest BCUT2D eigenvalue weighted by atomic mass is 10.0. The van der Waals surface area contributed by atoms with Crippen LogP contribution >= 0.6 is 0 Å². The third-order valence-electron chi connectivity index (χ3n) is 3.94. The Balaban J connectivity index is 2.95. The van der Waals surface area contributed by atoms with E-state index in [0.29, 0.717) is 5.75 Å². The van der Waals surface area contributed by atoms with E-state index in [4.69, 9.17) is 0 Å². The van der Waals surface area contributed by atoms with Crippen LogP contribution in [0.2, 0.25) is 0 Å². The fraction of sp³-hybridized carbons (Fsp3) is 1.00. The van der Waals surface area contributed by atoms with Gasteiger partial charge in [-0.05, 0) is 6.42 Å². The van der Waals surface area contributed by atoms with E-state index in [-0.39, 0.29) is 0 Å². The predicted octanol–water partition coefficient (Wildman–Crippen LogP) is 5.47. The summed E-state index contributed by atoms with van der Waals surface area (Å²) >= 11 is 0. The average Bonchev–Trinajstić information content (AvgIpc) is 2.43. The van der Waals surface area contributed by atoms with Crippen molar-refractivity contribution in [3.05, 3.63) is 0 Å². The summed E-state index contributed by atoms with van der Waals surface area (Å²) in [7, 11) is -2.14. The van der Waals surface area contributed by atoms with Crippen LogP contribution in [0.3, 0.4) is 0 Å². The average molecular weight is 305 g/mol. The third kappa shape index (κ3) is 17.9. The lowest BCUT2D eigenvalue weighted by Gasteiger charge is -2.02. The van der Waals surface area contributed by atoms with E-state index < -0.39 is 10.7 Å². The van der Waals surface area contributed by atoms with Gasteiger partial charge in [-0.2, -0.15) is 0 Å². The van der Waals surface area contributed by atoms with E-state index in [9.17, 15) is 8.42 Å². The topological polar surface area (TPSA) is 34.1 Å². The summed E-state index contributed by atoms with van der Waals surface area (Å²) in [6.45, 7) is 2.27. The van der Waals surface area contributed by atoms with Crippen LogP contribution in [-0.2, 0) is 10.7 Å². The van der Waals surface area contributed by atoms with Crippen LogP contribution in [0.5, 0.6) is 0 Å². The van der Waals surface area contributed by atoms with E-state index >= 15 is 0 Å². The fourth-order valence-electron chi connectivity index (χ4n) is 2.61. The van der Waals surface area contributed by atoms with E-state index in [2.05, 4.69) is 6.92 Å². The Hall–Kier alpha value is -0.0500. The number of unbranched alkanes of at least 4 members (excludes halogenated alkanes) is 14. The van der Waals surface area contributed by atoms with Crippen molar-refractivity contribution in [3.8, 4) is 0 Å². The van der Waals surface area contributed by atoms with Crippen LogP contribution in [0.4, 0.5) is 0 Å². The molecule has 0 rings (SSSR count). The van der Waals surface area contributed by atoms with Crippen LogP contribution < -0.4 is 0 Å². The molecule has 0 aromatic rings. The summed E-state index contributed by atoms with van der Waals surface area (Å²) in [5.41, 5.74) is 0. The summed E-state index contributed by atoms with van der Waals surface area (Å²) < 4.78 is 20.7. The third-order valence-corrected chi connectivity index (χ3v) is 4.63. The molecule has 0 saturated carbocycles. The van der Waals surface area contributed by atoms with Crippen LogP contribution in [0.15, 0.2) is 0 Å². The van der Waals surface area contributed by atoms with Crippen LogP contribution in [0.25, 0.3) is 0 Å². The maximum absolute atomic E-state index is 10.4.